The second-order valence-electron chi connectivity index (χ2n) is 6.53. The molecule has 4 heteroatoms. The Morgan fingerprint density at radius 1 is 1.17 bits per heavy atom. The molecular weight excluding hydrogens is 305 g/mol. The minimum Gasteiger partial charge on any atom is -0.497 e. The Morgan fingerprint density at radius 3 is 2.58 bits per heavy atom. The summed E-state index contributed by atoms with van der Waals surface area (Å²) in [4.78, 5) is 2.32. The zero-order chi connectivity index (χ0) is 16.9. The summed E-state index contributed by atoms with van der Waals surface area (Å²) in [5, 5.41) is 9.10. The number of hydrogen-bond donors (Lipinski definition) is 1. The first-order valence-corrected chi connectivity index (χ1v) is 8.41. The average molecular weight is 329 g/mol. The molecule has 0 unspecified atom stereocenters. The van der Waals surface area contributed by atoms with Crippen LogP contribution in [0.15, 0.2) is 42.5 Å². The van der Waals surface area contributed by atoms with Gasteiger partial charge in [0.1, 0.15) is 11.6 Å². The molecule has 1 atom stereocenters. The Morgan fingerprint density at radius 2 is 1.92 bits per heavy atom. The smallest absolute Gasteiger partial charge is 0.131 e. The number of aliphatic hydroxyl groups is 1. The molecule has 0 amide bonds. The lowest BCUT2D eigenvalue weighted by Crippen LogP contribution is -2.21. The van der Waals surface area contributed by atoms with E-state index in [9.17, 15) is 4.39 Å². The molecule has 0 spiro atoms. The highest BCUT2D eigenvalue weighted by molar-refractivity contribution is 5.29. The normalized spacial score (nSPS) is 18.0. The fourth-order valence-electron chi connectivity index (χ4n) is 3.36. The number of ether oxygens (including phenoxy) is 1. The lowest BCUT2D eigenvalue weighted by atomic mass is 9.98. The van der Waals surface area contributed by atoms with Gasteiger partial charge in [-0.2, -0.15) is 0 Å². The summed E-state index contributed by atoms with van der Waals surface area (Å²) >= 11 is 0. The van der Waals surface area contributed by atoms with Crippen LogP contribution in [0.3, 0.4) is 0 Å². The third-order valence-corrected chi connectivity index (χ3v) is 4.75. The van der Waals surface area contributed by atoms with E-state index in [1.165, 1.54) is 11.6 Å². The van der Waals surface area contributed by atoms with Crippen molar-refractivity contribution >= 4 is 0 Å². The van der Waals surface area contributed by atoms with E-state index in [0.29, 0.717) is 18.2 Å². The predicted molar refractivity (Wildman–Crippen MR) is 92.4 cm³/mol. The molecular formula is C20H24FNO2. The van der Waals surface area contributed by atoms with Crippen LogP contribution in [0, 0.1) is 11.7 Å². The van der Waals surface area contributed by atoms with Crippen molar-refractivity contribution in [2.45, 2.75) is 26.0 Å². The van der Waals surface area contributed by atoms with E-state index in [4.69, 9.17) is 9.84 Å². The van der Waals surface area contributed by atoms with Gasteiger partial charge in [-0.1, -0.05) is 30.3 Å². The van der Waals surface area contributed by atoms with Gasteiger partial charge < -0.3 is 9.84 Å². The van der Waals surface area contributed by atoms with Gasteiger partial charge >= 0.3 is 0 Å². The Balaban J connectivity index is 1.55. The quantitative estimate of drug-likeness (QED) is 0.882. The molecule has 1 saturated heterocycles. The lowest BCUT2D eigenvalue weighted by Gasteiger charge is -2.17. The van der Waals surface area contributed by atoms with Gasteiger partial charge in [-0.25, -0.2) is 4.39 Å². The average Bonchev–Trinajstić information content (AvgIpc) is 3.04. The fourth-order valence-corrected chi connectivity index (χ4v) is 3.36. The number of likely N-dealkylation sites (tertiary alicyclic amines) is 1. The maximum absolute atomic E-state index is 14.1. The second kappa shape index (κ2) is 7.77. The zero-order valence-electron chi connectivity index (χ0n) is 14.0. The van der Waals surface area contributed by atoms with Gasteiger partial charge in [-0.05, 0) is 42.5 Å². The molecule has 0 bridgehead atoms. The van der Waals surface area contributed by atoms with E-state index in [-0.39, 0.29) is 12.4 Å². The van der Waals surface area contributed by atoms with Crippen LogP contribution in [0.1, 0.15) is 23.1 Å². The highest BCUT2D eigenvalue weighted by atomic mass is 19.1. The summed E-state index contributed by atoms with van der Waals surface area (Å²) < 4.78 is 19.1. The maximum atomic E-state index is 14.1. The first-order chi connectivity index (χ1) is 11.7. The van der Waals surface area contributed by atoms with Crippen molar-refractivity contribution in [3.05, 3.63) is 65.0 Å². The summed E-state index contributed by atoms with van der Waals surface area (Å²) in [5.41, 5.74) is 2.97. The van der Waals surface area contributed by atoms with Crippen LogP contribution < -0.4 is 4.74 Å². The van der Waals surface area contributed by atoms with Gasteiger partial charge in [-0.3, -0.25) is 4.90 Å². The molecule has 3 rings (SSSR count). The molecule has 2 aromatic carbocycles. The van der Waals surface area contributed by atoms with Crippen LogP contribution in [0.4, 0.5) is 4.39 Å². The molecule has 0 saturated carbocycles. The molecule has 1 heterocycles. The van der Waals surface area contributed by atoms with Crippen molar-refractivity contribution in [2.75, 3.05) is 20.2 Å². The standard InChI is InChI=1S/C20H24FNO2/c1-24-19-7-6-18(20(21)11-19)13-22-9-8-17(12-22)10-15-2-4-16(14-23)5-3-15/h2-7,11,17,23H,8-10,12-14H2,1H3/t17-/m0/s1. The summed E-state index contributed by atoms with van der Waals surface area (Å²) in [5.74, 6) is 0.963. The van der Waals surface area contributed by atoms with E-state index >= 15 is 0 Å². The number of methoxy groups -OCH3 is 1. The number of nitrogens with zero attached hydrogens (tertiary/aromatic N) is 1. The fraction of sp³-hybridized carbons (Fsp3) is 0.400. The summed E-state index contributed by atoms with van der Waals surface area (Å²) in [7, 11) is 1.55. The van der Waals surface area contributed by atoms with Gasteiger partial charge in [0.2, 0.25) is 0 Å². The topological polar surface area (TPSA) is 32.7 Å². The van der Waals surface area contributed by atoms with Gasteiger partial charge in [0.15, 0.2) is 0 Å². The SMILES string of the molecule is COc1ccc(CN2CC[C@@H](Cc3ccc(CO)cc3)C2)c(F)c1. The van der Waals surface area contributed by atoms with Crippen molar-refractivity contribution in [1.29, 1.82) is 0 Å². The zero-order valence-corrected chi connectivity index (χ0v) is 14.0. The van der Waals surface area contributed by atoms with E-state index in [0.717, 1.165) is 37.1 Å². The molecule has 0 aromatic heterocycles. The molecule has 1 aliphatic heterocycles. The molecule has 1 N–H and O–H groups in total. The van der Waals surface area contributed by atoms with Crippen molar-refractivity contribution in [3.8, 4) is 5.75 Å². The van der Waals surface area contributed by atoms with E-state index < -0.39 is 0 Å². The Bertz CT molecular complexity index is 672. The monoisotopic (exact) mass is 329 g/mol. The highest BCUT2D eigenvalue weighted by Crippen LogP contribution is 2.24. The third kappa shape index (κ3) is 4.13. The van der Waals surface area contributed by atoms with Gasteiger partial charge in [0, 0.05) is 24.7 Å². The summed E-state index contributed by atoms with van der Waals surface area (Å²) in [6.07, 6.45) is 2.17. The van der Waals surface area contributed by atoms with Crippen LogP contribution >= 0.6 is 0 Å². The van der Waals surface area contributed by atoms with Crippen molar-refractivity contribution in [3.63, 3.8) is 0 Å². The second-order valence-corrected chi connectivity index (χ2v) is 6.53. The van der Waals surface area contributed by atoms with Gasteiger partial charge in [0.25, 0.3) is 0 Å². The molecule has 24 heavy (non-hydrogen) atoms. The largest absolute Gasteiger partial charge is 0.497 e. The van der Waals surface area contributed by atoms with Crippen LogP contribution in [0.5, 0.6) is 5.75 Å². The minimum atomic E-state index is -0.197. The number of benzene rings is 2. The van der Waals surface area contributed by atoms with E-state index in [1.807, 2.05) is 24.3 Å². The number of rotatable bonds is 6. The lowest BCUT2D eigenvalue weighted by molar-refractivity contribution is 0.282. The molecule has 3 nitrogen and oxygen atoms in total. The van der Waals surface area contributed by atoms with Crippen molar-refractivity contribution in [1.82, 2.24) is 4.90 Å². The van der Waals surface area contributed by atoms with Gasteiger partial charge in [-0.15, -0.1) is 0 Å². The third-order valence-electron chi connectivity index (χ3n) is 4.75. The Kier molecular flexibility index (Phi) is 5.48. The molecule has 1 aliphatic rings. The maximum Gasteiger partial charge on any atom is 0.131 e. The summed E-state index contributed by atoms with van der Waals surface area (Å²) in [6, 6.07) is 13.2. The van der Waals surface area contributed by atoms with Crippen molar-refractivity contribution < 1.29 is 14.2 Å². The van der Waals surface area contributed by atoms with Gasteiger partial charge in [0.05, 0.1) is 13.7 Å². The Labute approximate surface area is 142 Å². The molecule has 0 aliphatic carbocycles. The molecule has 0 radical (unpaired) electrons. The number of hydrogen-bond acceptors (Lipinski definition) is 3. The Hall–Kier alpha value is -1.91. The van der Waals surface area contributed by atoms with Crippen molar-refractivity contribution in [2.24, 2.45) is 5.92 Å². The number of halogens is 1. The van der Waals surface area contributed by atoms with Crippen LogP contribution in [0.2, 0.25) is 0 Å². The van der Waals surface area contributed by atoms with E-state index in [1.54, 1.807) is 7.11 Å². The molecule has 1 fully saturated rings. The minimum absolute atomic E-state index is 0.0882. The molecule has 128 valence electrons. The van der Waals surface area contributed by atoms with Crippen LogP contribution in [-0.4, -0.2) is 30.2 Å². The number of aliphatic hydroxyl groups excluding tert-OH is 1. The predicted octanol–water partition coefficient (Wildman–Crippen LogP) is 3.39. The first kappa shape index (κ1) is 16.9. The van der Waals surface area contributed by atoms with Crippen LogP contribution in [-0.2, 0) is 19.6 Å². The molecule has 2 aromatic rings. The summed E-state index contributed by atoms with van der Waals surface area (Å²) in [6.45, 7) is 2.73. The van der Waals surface area contributed by atoms with Crippen LogP contribution in [0.25, 0.3) is 0 Å². The van der Waals surface area contributed by atoms with E-state index in [2.05, 4.69) is 17.0 Å². The highest BCUT2D eigenvalue weighted by Gasteiger charge is 2.23. The first-order valence-electron chi connectivity index (χ1n) is 8.41.